The molecule has 7 nitrogen and oxygen atoms in total. The summed E-state index contributed by atoms with van der Waals surface area (Å²) in [5.41, 5.74) is 0.320. The van der Waals surface area contributed by atoms with Crippen molar-refractivity contribution in [1.82, 2.24) is 5.32 Å². The molecule has 0 fully saturated rings. The van der Waals surface area contributed by atoms with Gasteiger partial charge in [-0.3, -0.25) is 9.59 Å². The van der Waals surface area contributed by atoms with Gasteiger partial charge in [-0.2, -0.15) is 0 Å². The second-order valence-corrected chi connectivity index (χ2v) is 6.60. The van der Waals surface area contributed by atoms with Crippen LogP contribution in [-0.2, 0) is 9.63 Å². The fourth-order valence-corrected chi connectivity index (χ4v) is 3.15. The minimum absolute atomic E-state index is 0.244. The molecule has 0 aromatic heterocycles. The van der Waals surface area contributed by atoms with Crippen LogP contribution >= 0.6 is 21.6 Å². The molecular weight excluding hydrogens is 328 g/mol. The highest BCUT2D eigenvalue weighted by atomic mass is 33.1. The molecule has 0 atom stereocenters. The van der Waals surface area contributed by atoms with Gasteiger partial charge in [-0.05, 0) is 12.1 Å². The molecule has 0 unspecified atom stereocenters. The van der Waals surface area contributed by atoms with Crippen molar-refractivity contribution in [3.05, 3.63) is 34.7 Å². The van der Waals surface area contributed by atoms with Crippen molar-refractivity contribution in [3.8, 4) is 5.75 Å². The van der Waals surface area contributed by atoms with E-state index in [1.807, 2.05) is 0 Å². The molecule has 0 bridgehead atoms. The van der Waals surface area contributed by atoms with Gasteiger partial charge in [0.15, 0.2) is 5.34 Å². The van der Waals surface area contributed by atoms with Gasteiger partial charge in [0.25, 0.3) is 5.91 Å². The van der Waals surface area contributed by atoms with Gasteiger partial charge in [0.1, 0.15) is 12.4 Å². The highest BCUT2D eigenvalue weighted by Crippen LogP contribution is 2.20. The van der Waals surface area contributed by atoms with Crippen molar-refractivity contribution in [2.24, 2.45) is 5.34 Å². The number of para-hydroxylation sites is 1. The molecule has 0 spiro atoms. The lowest BCUT2D eigenvalue weighted by Crippen LogP contribution is -2.26. The Hall–Kier alpha value is -1.74. The van der Waals surface area contributed by atoms with E-state index < -0.39 is 5.97 Å². The summed E-state index contributed by atoms with van der Waals surface area (Å²) in [6.07, 6.45) is 0. The van der Waals surface area contributed by atoms with Crippen molar-refractivity contribution in [3.63, 3.8) is 0 Å². The van der Waals surface area contributed by atoms with Crippen molar-refractivity contribution in [2.75, 3.05) is 24.7 Å². The third-order valence-corrected chi connectivity index (χ3v) is 4.62. The molecule has 0 aliphatic rings. The van der Waals surface area contributed by atoms with Crippen LogP contribution in [0.4, 0.5) is 0 Å². The van der Waals surface area contributed by atoms with Gasteiger partial charge in [0, 0.05) is 25.0 Å². The lowest BCUT2D eigenvalue weighted by Gasteiger charge is -2.09. The van der Waals surface area contributed by atoms with Crippen LogP contribution in [0.25, 0.3) is 0 Å². The number of ether oxygens (including phenoxy) is 1. The Balaban J connectivity index is 2.31. The first-order valence-electron chi connectivity index (χ1n) is 6.40. The summed E-state index contributed by atoms with van der Waals surface area (Å²) in [6.45, 7) is 2.02. The zero-order valence-electron chi connectivity index (χ0n) is 11.9. The van der Waals surface area contributed by atoms with Crippen molar-refractivity contribution in [2.45, 2.75) is 6.92 Å². The molecule has 1 amide bonds. The lowest BCUT2D eigenvalue weighted by molar-refractivity contribution is -0.131. The number of hydrogen-bond donors (Lipinski definition) is 1. The van der Waals surface area contributed by atoms with Gasteiger partial charge in [0.2, 0.25) is 0 Å². The normalized spacial score (nSPS) is 9.86. The number of nitrogens with one attached hydrogen (secondary N) is 1. The summed E-state index contributed by atoms with van der Waals surface area (Å²) in [5, 5.41) is 5.04. The van der Waals surface area contributed by atoms with E-state index in [1.165, 1.54) is 17.7 Å². The Bertz CT molecular complexity index is 513. The van der Waals surface area contributed by atoms with E-state index in [1.54, 1.807) is 35.1 Å². The third-order valence-electron chi connectivity index (χ3n) is 2.25. The second kappa shape index (κ2) is 10.9. The first-order valence-corrected chi connectivity index (χ1v) is 8.88. The number of carbonyl (C=O) groups excluding carboxylic acids is 2. The molecular formula is C13H16N2O5S2. The zero-order valence-corrected chi connectivity index (χ0v) is 13.6. The standard InChI is InChI=1S/C13H16N2O5S2/c1-10(16)20-12-5-3-2-4-11(12)13(17)14-6-8-21-22-9-7-19-15-18/h2-5H,6-9H2,1H3,(H,14,17). The molecule has 0 saturated heterocycles. The van der Waals surface area contributed by atoms with E-state index >= 15 is 0 Å². The van der Waals surface area contributed by atoms with Gasteiger partial charge >= 0.3 is 5.97 Å². The quantitative estimate of drug-likeness (QED) is 0.174. The van der Waals surface area contributed by atoms with E-state index in [9.17, 15) is 14.5 Å². The first-order chi connectivity index (χ1) is 10.6. The van der Waals surface area contributed by atoms with Crippen LogP contribution in [0.1, 0.15) is 17.3 Å². The molecule has 0 aliphatic carbocycles. The van der Waals surface area contributed by atoms with Gasteiger partial charge in [-0.25, -0.2) is 0 Å². The zero-order chi connectivity index (χ0) is 16.2. The smallest absolute Gasteiger partial charge is 0.308 e. The van der Waals surface area contributed by atoms with Crippen LogP contribution in [-0.4, -0.2) is 36.5 Å². The predicted octanol–water partition coefficient (Wildman–Crippen LogP) is 2.42. The SMILES string of the molecule is CC(=O)Oc1ccccc1C(=O)NCCSSCCON=O. The highest BCUT2D eigenvalue weighted by molar-refractivity contribution is 8.76. The number of nitrogens with zero attached hydrogens (tertiary/aromatic N) is 1. The van der Waals surface area contributed by atoms with E-state index in [0.717, 1.165) is 0 Å². The Morgan fingerprint density at radius 1 is 1.23 bits per heavy atom. The summed E-state index contributed by atoms with van der Waals surface area (Å²) >= 11 is 0. The highest BCUT2D eigenvalue weighted by Gasteiger charge is 2.12. The maximum atomic E-state index is 12.0. The summed E-state index contributed by atoms with van der Waals surface area (Å²) in [6, 6.07) is 6.56. The van der Waals surface area contributed by atoms with Crippen molar-refractivity contribution >= 4 is 33.5 Å². The molecule has 1 rings (SSSR count). The minimum Gasteiger partial charge on any atom is -0.426 e. The molecule has 9 heteroatoms. The largest absolute Gasteiger partial charge is 0.426 e. The number of hydrogen-bond acceptors (Lipinski definition) is 8. The Morgan fingerprint density at radius 3 is 2.68 bits per heavy atom. The van der Waals surface area contributed by atoms with Gasteiger partial charge in [0.05, 0.1) is 5.56 Å². The fraction of sp³-hybridized carbons (Fsp3) is 0.385. The van der Waals surface area contributed by atoms with E-state index in [4.69, 9.17) is 4.74 Å². The van der Waals surface area contributed by atoms with Gasteiger partial charge in [-0.15, -0.1) is 4.91 Å². The van der Waals surface area contributed by atoms with Crippen LogP contribution in [0, 0.1) is 4.91 Å². The Kier molecular flexibility index (Phi) is 9.08. The van der Waals surface area contributed by atoms with E-state index in [2.05, 4.69) is 15.5 Å². The monoisotopic (exact) mass is 344 g/mol. The minimum atomic E-state index is -0.473. The molecule has 0 aliphatic heterocycles. The summed E-state index contributed by atoms with van der Waals surface area (Å²) < 4.78 is 4.99. The number of rotatable bonds is 10. The molecule has 0 saturated carbocycles. The molecule has 1 aromatic rings. The van der Waals surface area contributed by atoms with Crippen molar-refractivity contribution < 1.29 is 19.2 Å². The summed E-state index contributed by atoms with van der Waals surface area (Å²) in [5.74, 6) is 0.809. The molecule has 22 heavy (non-hydrogen) atoms. The van der Waals surface area contributed by atoms with Gasteiger partial charge < -0.3 is 14.9 Å². The van der Waals surface area contributed by atoms with Crippen LogP contribution in [0.5, 0.6) is 5.75 Å². The van der Waals surface area contributed by atoms with E-state index in [0.29, 0.717) is 23.6 Å². The Morgan fingerprint density at radius 2 is 1.95 bits per heavy atom. The second-order valence-electron chi connectivity index (χ2n) is 3.90. The lowest BCUT2D eigenvalue weighted by atomic mass is 10.2. The molecule has 1 aromatic carbocycles. The Labute approximate surface area is 135 Å². The molecule has 0 radical (unpaired) electrons. The number of amides is 1. The van der Waals surface area contributed by atoms with Gasteiger partial charge in [-0.1, -0.05) is 33.7 Å². The number of benzene rings is 1. The molecule has 120 valence electrons. The van der Waals surface area contributed by atoms with Crippen molar-refractivity contribution in [1.29, 1.82) is 0 Å². The van der Waals surface area contributed by atoms with Crippen LogP contribution in [0.3, 0.4) is 0 Å². The maximum absolute atomic E-state index is 12.0. The predicted molar refractivity (Wildman–Crippen MR) is 86.7 cm³/mol. The average molecular weight is 344 g/mol. The summed E-state index contributed by atoms with van der Waals surface area (Å²) in [4.78, 5) is 37.0. The number of carbonyl (C=O) groups is 2. The first kappa shape index (κ1) is 18.3. The van der Waals surface area contributed by atoms with Crippen LogP contribution in [0.15, 0.2) is 29.6 Å². The number of esters is 1. The fourth-order valence-electron chi connectivity index (χ4n) is 1.43. The van der Waals surface area contributed by atoms with Crippen LogP contribution in [0.2, 0.25) is 0 Å². The summed E-state index contributed by atoms with van der Waals surface area (Å²) in [7, 11) is 3.07. The average Bonchev–Trinajstić information content (AvgIpc) is 2.49. The molecule has 0 heterocycles. The third kappa shape index (κ3) is 7.32. The topological polar surface area (TPSA) is 94.1 Å². The van der Waals surface area contributed by atoms with E-state index in [-0.39, 0.29) is 18.3 Å². The molecule has 1 N–H and O–H groups in total. The van der Waals surface area contributed by atoms with Crippen LogP contribution < -0.4 is 10.1 Å². The maximum Gasteiger partial charge on any atom is 0.308 e.